The molecule has 0 aliphatic heterocycles. The summed E-state index contributed by atoms with van der Waals surface area (Å²) >= 11 is 1.53. The predicted molar refractivity (Wildman–Crippen MR) is 74.0 cm³/mol. The van der Waals surface area contributed by atoms with Gasteiger partial charge in [-0.15, -0.1) is 0 Å². The highest BCUT2D eigenvalue weighted by molar-refractivity contribution is 7.07. The van der Waals surface area contributed by atoms with E-state index in [4.69, 9.17) is 9.47 Å². The predicted octanol–water partition coefficient (Wildman–Crippen LogP) is 2.81. The van der Waals surface area contributed by atoms with Gasteiger partial charge >= 0.3 is 11.9 Å². The number of hydrogen-bond acceptors (Lipinski definition) is 5. The van der Waals surface area contributed by atoms with Crippen LogP contribution in [0.2, 0.25) is 0 Å². The summed E-state index contributed by atoms with van der Waals surface area (Å²) in [6, 6.07) is 1.89. The van der Waals surface area contributed by atoms with E-state index in [1.807, 2.05) is 16.8 Å². The zero-order chi connectivity index (χ0) is 14.4. The van der Waals surface area contributed by atoms with Crippen LogP contribution in [0.1, 0.15) is 33.3 Å². The van der Waals surface area contributed by atoms with Crippen LogP contribution in [0.25, 0.3) is 0 Å². The summed E-state index contributed by atoms with van der Waals surface area (Å²) < 4.78 is 10.3. The third-order valence-electron chi connectivity index (χ3n) is 2.29. The highest BCUT2D eigenvalue weighted by atomic mass is 32.1. The van der Waals surface area contributed by atoms with E-state index in [-0.39, 0.29) is 12.2 Å². The minimum absolute atomic E-state index is 0.246. The van der Waals surface area contributed by atoms with Crippen molar-refractivity contribution >= 4 is 23.3 Å². The van der Waals surface area contributed by atoms with Gasteiger partial charge in [-0.25, -0.2) is 0 Å². The van der Waals surface area contributed by atoms with E-state index >= 15 is 0 Å². The maximum absolute atomic E-state index is 12.0. The largest absolute Gasteiger partial charge is 0.462 e. The van der Waals surface area contributed by atoms with Gasteiger partial charge in [-0.05, 0) is 56.5 Å². The zero-order valence-electron chi connectivity index (χ0n) is 11.7. The van der Waals surface area contributed by atoms with Gasteiger partial charge < -0.3 is 9.47 Å². The molecule has 19 heavy (non-hydrogen) atoms. The van der Waals surface area contributed by atoms with Gasteiger partial charge in [0, 0.05) is 0 Å². The van der Waals surface area contributed by atoms with Gasteiger partial charge in [0.25, 0.3) is 0 Å². The lowest BCUT2D eigenvalue weighted by Crippen LogP contribution is -2.32. The molecule has 0 N–H and O–H groups in total. The first-order valence-electron chi connectivity index (χ1n) is 6.32. The van der Waals surface area contributed by atoms with Gasteiger partial charge in [0.05, 0.1) is 12.2 Å². The molecule has 0 aliphatic rings. The summed E-state index contributed by atoms with van der Waals surface area (Å²) in [4.78, 5) is 24.0. The third-order valence-corrected chi connectivity index (χ3v) is 3.02. The number of carbonyl (C=O) groups excluding carboxylic acids is 2. The van der Waals surface area contributed by atoms with E-state index < -0.39 is 17.9 Å². The van der Waals surface area contributed by atoms with Crippen molar-refractivity contribution in [3.63, 3.8) is 0 Å². The molecule has 4 nitrogen and oxygen atoms in total. The minimum atomic E-state index is -0.889. The number of ether oxygens (including phenoxy) is 2. The maximum atomic E-state index is 12.0. The molecule has 0 amide bonds. The van der Waals surface area contributed by atoms with E-state index in [1.165, 1.54) is 11.3 Å². The van der Waals surface area contributed by atoms with Crippen molar-refractivity contribution in [1.29, 1.82) is 0 Å². The maximum Gasteiger partial charge on any atom is 0.320 e. The molecule has 0 saturated heterocycles. The van der Waals surface area contributed by atoms with E-state index in [0.29, 0.717) is 6.42 Å². The molecule has 1 aromatic rings. The lowest BCUT2D eigenvalue weighted by atomic mass is 10.0. The first kappa shape index (κ1) is 15.7. The van der Waals surface area contributed by atoms with E-state index in [0.717, 1.165) is 5.56 Å². The molecule has 106 valence electrons. The SMILES string of the molecule is CC(C)OC(=O)C(Cc1ccsc1)C(=O)OC(C)C. The Morgan fingerprint density at radius 2 is 1.63 bits per heavy atom. The molecule has 0 radical (unpaired) electrons. The molecule has 0 aliphatic carbocycles. The molecule has 0 fully saturated rings. The molecular formula is C14H20O4S. The molecule has 5 heteroatoms. The molecule has 0 saturated carbocycles. The molecule has 1 aromatic heterocycles. The Morgan fingerprint density at radius 3 is 2.00 bits per heavy atom. The quantitative estimate of drug-likeness (QED) is 0.595. The summed E-state index contributed by atoms with van der Waals surface area (Å²) in [6.45, 7) is 7.03. The van der Waals surface area contributed by atoms with E-state index in [1.54, 1.807) is 27.7 Å². The summed E-state index contributed by atoms with van der Waals surface area (Å²) in [5.41, 5.74) is 0.941. The number of esters is 2. The summed E-state index contributed by atoms with van der Waals surface area (Å²) in [5.74, 6) is -1.93. The Labute approximate surface area is 117 Å². The zero-order valence-corrected chi connectivity index (χ0v) is 12.5. The Balaban J connectivity index is 2.77. The van der Waals surface area contributed by atoms with Crippen LogP contribution in [0.15, 0.2) is 16.8 Å². The van der Waals surface area contributed by atoms with Crippen LogP contribution in [-0.4, -0.2) is 24.1 Å². The van der Waals surface area contributed by atoms with Crippen LogP contribution in [-0.2, 0) is 25.5 Å². The van der Waals surface area contributed by atoms with Crippen LogP contribution in [0.4, 0.5) is 0 Å². The van der Waals surface area contributed by atoms with Crippen molar-refractivity contribution in [2.75, 3.05) is 0 Å². The van der Waals surface area contributed by atoms with Crippen molar-refractivity contribution in [2.24, 2.45) is 5.92 Å². The van der Waals surface area contributed by atoms with Gasteiger partial charge in [-0.1, -0.05) is 0 Å². The summed E-state index contributed by atoms with van der Waals surface area (Å²) in [5, 5.41) is 3.83. The van der Waals surface area contributed by atoms with Gasteiger partial charge in [0.2, 0.25) is 0 Å². The van der Waals surface area contributed by atoms with E-state index in [9.17, 15) is 9.59 Å². The van der Waals surface area contributed by atoms with Crippen molar-refractivity contribution in [1.82, 2.24) is 0 Å². The lowest BCUT2D eigenvalue weighted by Gasteiger charge is -2.18. The Kier molecular flexibility index (Phi) is 6.02. The van der Waals surface area contributed by atoms with Gasteiger partial charge in [-0.2, -0.15) is 11.3 Å². The van der Waals surface area contributed by atoms with Crippen molar-refractivity contribution < 1.29 is 19.1 Å². The molecule has 0 bridgehead atoms. The number of carbonyl (C=O) groups is 2. The molecule has 1 heterocycles. The topological polar surface area (TPSA) is 52.6 Å². The second-order valence-corrected chi connectivity index (χ2v) is 5.64. The summed E-state index contributed by atoms with van der Waals surface area (Å²) in [7, 11) is 0. The third kappa shape index (κ3) is 5.42. The van der Waals surface area contributed by atoms with Crippen LogP contribution in [0, 0.1) is 5.92 Å². The Morgan fingerprint density at radius 1 is 1.11 bits per heavy atom. The number of rotatable bonds is 6. The molecule has 1 rings (SSSR count). The van der Waals surface area contributed by atoms with Gasteiger partial charge in [0.1, 0.15) is 0 Å². The van der Waals surface area contributed by atoms with E-state index in [2.05, 4.69) is 0 Å². The number of thiophene rings is 1. The van der Waals surface area contributed by atoms with Crippen LogP contribution < -0.4 is 0 Å². The summed E-state index contributed by atoms with van der Waals surface area (Å²) in [6.07, 6.45) is -0.172. The second kappa shape index (κ2) is 7.28. The van der Waals surface area contributed by atoms with Crippen LogP contribution in [0.3, 0.4) is 0 Å². The lowest BCUT2D eigenvalue weighted by molar-refractivity contribution is -0.166. The first-order chi connectivity index (χ1) is 8.90. The fourth-order valence-corrected chi connectivity index (χ4v) is 2.22. The second-order valence-electron chi connectivity index (χ2n) is 4.86. The normalized spacial score (nSPS) is 11.1. The first-order valence-corrected chi connectivity index (χ1v) is 7.26. The van der Waals surface area contributed by atoms with Crippen molar-refractivity contribution in [3.05, 3.63) is 22.4 Å². The highest BCUT2D eigenvalue weighted by Crippen LogP contribution is 2.16. The standard InChI is InChI=1S/C14H20O4S/c1-9(2)17-13(15)12(14(16)18-10(3)4)7-11-5-6-19-8-11/h5-6,8-10,12H,7H2,1-4H3. The molecule has 0 unspecified atom stereocenters. The van der Waals surface area contributed by atoms with Crippen LogP contribution in [0.5, 0.6) is 0 Å². The fourth-order valence-electron chi connectivity index (χ4n) is 1.54. The smallest absolute Gasteiger partial charge is 0.320 e. The molecule has 0 atom stereocenters. The Hall–Kier alpha value is -1.36. The minimum Gasteiger partial charge on any atom is -0.462 e. The van der Waals surface area contributed by atoms with Gasteiger partial charge in [0.15, 0.2) is 5.92 Å². The molecule has 0 spiro atoms. The molecule has 0 aromatic carbocycles. The van der Waals surface area contributed by atoms with Crippen LogP contribution >= 0.6 is 11.3 Å². The average molecular weight is 284 g/mol. The monoisotopic (exact) mass is 284 g/mol. The number of hydrogen-bond donors (Lipinski definition) is 0. The van der Waals surface area contributed by atoms with Gasteiger partial charge in [-0.3, -0.25) is 9.59 Å². The Bertz CT molecular complexity index is 387. The molecular weight excluding hydrogens is 264 g/mol. The van der Waals surface area contributed by atoms with Crippen molar-refractivity contribution in [3.8, 4) is 0 Å². The fraction of sp³-hybridized carbons (Fsp3) is 0.571. The highest BCUT2D eigenvalue weighted by Gasteiger charge is 2.31. The average Bonchev–Trinajstić information content (AvgIpc) is 2.76. The van der Waals surface area contributed by atoms with Crippen molar-refractivity contribution in [2.45, 2.75) is 46.3 Å².